The second-order valence-electron chi connectivity index (χ2n) is 6.32. The summed E-state index contributed by atoms with van der Waals surface area (Å²) in [6.07, 6.45) is 0.527. The molecule has 5 nitrogen and oxygen atoms in total. The van der Waals surface area contributed by atoms with Crippen molar-refractivity contribution >= 4 is 5.91 Å². The van der Waals surface area contributed by atoms with E-state index in [2.05, 4.69) is 35.6 Å². The number of hydrogen-bond acceptors (Lipinski definition) is 4. The molecule has 2 aromatic carbocycles. The van der Waals surface area contributed by atoms with Crippen molar-refractivity contribution in [1.29, 1.82) is 0 Å². The topological polar surface area (TPSA) is 50.8 Å². The van der Waals surface area contributed by atoms with Crippen molar-refractivity contribution in [2.45, 2.75) is 13.0 Å². The van der Waals surface area contributed by atoms with E-state index in [9.17, 15) is 4.79 Å². The zero-order valence-corrected chi connectivity index (χ0v) is 15.2. The summed E-state index contributed by atoms with van der Waals surface area (Å²) in [5, 5.41) is 3.35. The number of para-hydroxylation sites is 1. The van der Waals surface area contributed by atoms with Crippen molar-refractivity contribution in [1.82, 2.24) is 10.2 Å². The molecule has 3 rings (SSSR count). The number of benzene rings is 2. The van der Waals surface area contributed by atoms with Gasteiger partial charge in [0, 0.05) is 38.2 Å². The lowest BCUT2D eigenvalue weighted by Gasteiger charge is -2.26. The maximum absolute atomic E-state index is 12.1. The number of carbonyl (C=O) groups is 1. The van der Waals surface area contributed by atoms with E-state index in [0.29, 0.717) is 39.3 Å². The van der Waals surface area contributed by atoms with E-state index in [0.717, 1.165) is 23.4 Å². The first-order valence-corrected chi connectivity index (χ1v) is 9.06. The summed E-state index contributed by atoms with van der Waals surface area (Å²) in [5.74, 6) is 1.08. The van der Waals surface area contributed by atoms with E-state index in [1.165, 1.54) is 5.56 Å². The van der Waals surface area contributed by atoms with Crippen LogP contribution in [0.1, 0.15) is 12.0 Å². The molecule has 1 saturated heterocycles. The highest BCUT2D eigenvalue weighted by atomic mass is 16.5. The second-order valence-corrected chi connectivity index (χ2v) is 6.32. The van der Waals surface area contributed by atoms with Crippen LogP contribution in [0.15, 0.2) is 48.5 Å². The van der Waals surface area contributed by atoms with Crippen LogP contribution < -0.4 is 10.1 Å². The van der Waals surface area contributed by atoms with Crippen molar-refractivity contribution < 1.29 is 14.3 Å². The van der Waals surface area contributed by atoms with Gasteiger partial charge in [-0.05, 0) is 17.2 Å². The smallest absolute Gasteiger partial charge is 0.224 e. The molecule has 0 aromatic heterocycles. The van der Waals surface area contributed by atoms with Gasteiger partial charge in [-0.25, -0.2) is 0 Å². The maximum Gasteiger partial charge on any atom is 0.224 e. The average molecular weight is 354 g/mol. The highest BCUT2D eigenvalue weighted by Gasteiger charge is 2.15. The fourth-order valence-corrected chi connectivity index (χ4v) is 3.08. The highest BCUT2D eigenvalue weighted by Crippen LogP contribution is 2.29. The van der Waals surface area contributed by atoms with Crippen LogP contribution in [0.2, 0.25) is 0 Å². The maximum atomic E-state index is 12.1. The first-order chi connectivity index (χ1) is 12.8. The number of carbonyl (C=O) groups excluding carboxylic acids is 1. The van der Waals surface area contributed by atoms with Gasteiger partial charge in [-0.15, -0.1) is 0 Å². The van der Waals surface area contributed by atoms with E-state index in [1.54, 1.807) is 7.11 Å². The monoisotopic (exact) mass is 354 g/mol. The van der Waals surface area contributed by atoms with Crippen LogP contribution in [0.3, 0.4) is 0 Å². The lowest BCUT2D eigenvalue weighted by atomic mass is 10.0. The molecule has 1 aliphatic rings. The Balaban J connectivity index is 1.46. The zero-order chi connectivity index (χ0) is 18.2. The fraction of sp³-hybridized carbons (Fsp3) is 0.381. The Hall–Kier alpha value is -2.37. The summed E-state index contributed by atoms with van der Waals surface area (Å²) in [7, 11) is 1.69. The van der Waals surface area contributed by atoms with Crippen molar-refractivity contribution in [3.8, 4) is 16.9 Å². The molecule has 1 heterocycles. The minimum atomic E-state index is 0.201. The lowest BCUT2D eigenvalue weighted by molar-refractivity contribution is -0.135. The van der Waals surface area contributed by atoms with Crippen LogP contribution in [0, 0.1) is 0 Å². The summed E-state index contributed by atoms with van der Waals surface area (Å²) >= 11 is 0. The predicted molar refractivity (Wildman–Crippen MR) is 102 cm³/mol. The van der Waals surface area contributed by atoms with Crippen LogP contribution in [0.5, 0.6) is 5.75 Å². The van der Waals surface area contributed by atoms with E-state index in [-0.39, 0.29) is 5.91 Å². The minimum Gasteiger partial charge on any atom is -0.496 e. The SMILES string of the molecule is COc1ccccc1-c1ccc(CNCCC(=O)N2CCOCC2)cc1. The molecule has 26 heavy (non-hydrogen) atoms. The molecule has 2 aromatic rings. The largest absolute Gasteiger partial charge is 0.496 e. The highest BCUT2D eigenvalue weighted by molar-refractivity contribution is 5.76. The Morgan fingerprint density at radius 3 is 2.58 bits per heavy atom. The Morgan fingerprint density at radius 2 is 1.85 bits per heavy atom. The third-order valence-electron chi connectivity index (χ3n) is 4.58. The number of hydrogen-bond donors (Lipinski definition) is 1. The van der Waals surface area contributed by atoms with Gasteiger partial charge in [-0.2, -0.15) is 0 Å². The minimum absolute atomic E-state index is 0.201. The summed E-state index contributed by atoms with van der Waals surface area (Å²) in [6, 6.07) is 16.4. The molecule has 1 N–H and O–H groups in total. The quantitative estimate of drug-likeness (QED) is 0.777. The Kier molecular flexibility index (Phi) is 6.63. The van der Waals surface area contributed by atoms with Crippen LogP contribution in [-0.4, -0.2) is 50.8 Å². The third-order valence-corrected chi connectivity index (χ3v) is 4.58. The van der Waals surface area contributed by atoms with Crippen LogP contribution in [0.25, 0.3) is 11.1 Å². The Labute approximate surface area is 154 Å². The molecule has 5 heteroatoms. The molecule has 0 bridgehead atoms. The number of morpholine rings is 1. The molecule has 1 aliphatic heterocycles. The van der Waals surface area contributed by atoms with Crippen LogP contribution in [0.4, 0.5) is 0 Å². The van der Waals surface area contributed by atoms with E-state index >= 15 is 0 Å². The van der Waals surface area contributed by atoms with Gasteiger partial charge in [0.2, 0.25) is 5.91 Å². The van der Waals surface area contributed by atoms with Gasteiger partial charge in [-0.3, -0.25) is 4.79 Å². The number of amides is 1. The second kappa shape index (κ2) is 9.36. The molecular weight excluding hydrogens is 328 g/mol. The molecule has 138 valence electrons. The van der Waals surface area contributed by atoms with Gasteiger partial charge >= 0.3 is 0 Å². The first-order valence-electron chi connectivity index (χ1n) is 9.06. The van der Waals surface area contributed by atoms with Crippen LogP contribution in [-0.2, 0) is 16.1 Å². The zero-order valence-electron chi connectivity index (χ0n) is 15.2. The molecule has 1 amide bonds. The van der Waals surface area contributed by atoms with E-state index < -0.39 is 0 Å². The third kappa shape index (κ3) is 4.84. The molecule has 0 atom stereocenters. The van der Waals surface area contributed by atoms with Crippen molar-refractivity contribution in [3.63, 3.8) is 0 Å². The number of nitrogens with zero attached hydrogens (tertiary/aromatic N) is 1. The van der Waals surface area contributed by atoms with E-state index in [4.69, 9.17) is 9.47 Å². The average Bonchev–Trinajstić information content (AvgIpc) is 2.72. The number of rotatable bonds is 7. The summed E-state index contributed by atoms with van der Waals surface area (Å²) in [6.45, 7) is 4.16. The van der Waals surface area contributed by atoms with Gasteiger partial charge in [-0.1, -0.05) is 42.5 Å². The molecule has 1 fully saturated rings. The van der Waals surface area contributed by atoms with Crippen LogP contribution >= 0.6 is 0 Å². The molecular formula is C21H26N2O3. The Bertz CT molecular complexity index is 709. The predicted octanol–water partition coefficient (Wildman–Crippen LogP) is 2.70. The summed E-state index contributed by atoms with van der Waals surface area (Å²) < 4.78 is 10.7. The number of nitrogens with one attached hydrogen (secondary N) is 1. The van der Waals surface area contributed by atoms with Gasteiger partial charge in [0.1, 0.15) is 5.75 Å². The summed E-state index contributed by atoms with van der Waals surface area (Å²) in [4.78, 5) is 14.0. The fourth-order valence-electron chi connectivity index (χ4n) is 3.08. The summed E-state index contributed by atoms with van der Waals surface area (Å²) in [5.41, 5.74) is 3.42. The standard InChI is InChI=1S/C21H26N2O3/c1-25-20-5-3-2-4-19(20)18-8-6-17(7-9-18)16-22-11-10-21(24)23-12-14-26-15-13-23/h2-9,22H,10-16H2,1H3. The van der Waals surface area contributed by atoms with Gasteiger partial charge < -0.3 is 19.7 Å². The molecule has 0 spiro atoms. The van der Waals surface area contributed by atoms with E-state index in [1.807, 2.05) is 23.1 Å². The molecule has 0 unspecified atom stereocenters. The van der Waals surface area contributed by atoms with Gasteiger partial charge in [0.05, 0.1) is 20.3 Å². The number of methoxy groups -OCH3 is 1. The molecule has 0 saturated carbocycles. The van der Waals surface area contributed by atoms with Gasteiger partial charge in [0.25, 0.3) is 0 Å². The Morgan fingerprint density at radius 1 is 1.12 bits per heavy atom. The lowest BCUT2D eigenvalue weighted by Crippen LogP contribution is -2.41. The van der Waals surface area contributed by atoms with Crippen molar-refractivity contribution in [2.24, 2.45) is 0 Å². The van der Waals surface area contributed by atoms with Gasteiger partial charge in [0.15, 0.2) is 0 Å². The normalized spacial score (nSPS) is 14.3. The van der Waals surface area contributed by atoms with Crippen molar-refractivity contribution in [2.75, 3.05) is 40.0 Å². The molecule has 0 radical (unpaired) electrons. The van der Waals surface area contributed by atoms with Crippen molar-refractivity contribution in [3.05, 3.63) is 54.1 Å². The first kappa shape index (κ1) is 18.4. The number of ether oxygens (including phenoxy) is 2. The molecule has 0 aliphatic carbocycles.